The van der Waals surface area contributed by atoms with E-state index in [1.165, 1.54) is 6.20 Å². The van der Waals surface area contributed by atoms with Gasteiger partial charge in [0.15, 0.2) is 0 Å². The number of aromatic nitrogens is 2. The maximum absolute atomic E-state index is 11.7. The van der Waals surface area contributed by atoms with Crippen molar-refractivity contribution in [1.82, 2.24) is 9.97 Å². The van der Waals surface area contributed by atoms with Crippen LogP contribution in [0.15, 0.2) is 11.0 Å². The van der Waals surface area contributed by atoms with Gasteiger partial charge in [0.25, 0.3) is 5.56 Å². The van der Waals surface area contributed by atoms with E-state index < -0.39 is 11.5 Å². The van der Waals surface area contributed by atoms with E-state index >= 15 is 0 Å². The zero-order valence-electron chi connectivity index (χ0n) is 10.3. The van der Waals surface area contributed by atoms with Crippen LogP contribution in [0, 0.1) is 0 Å². The Morgan fingerprint density at radius 1 is 1.41 bits per heavy atom. The smallest absolute Gasteiger partial charge is 0.345 e. The molecule has 6 heteroatoms. The van der Waals surface area contributed by atoms with Crippen LogP contribution < -0.4 is 10.5 Å². The van der Waals surface area contributed by atoms with Crippen LogP contribution in [0.5, 0.6) is 0 Å². The first-order valence-corrected chi connectivity index (χ1v) is 5.65. The van der Waals surface area contributed by atoms with Crippen LogP contribution in [0.2, 0.25) is 0 Å². The van der Waals surface area contributed by atoms with Gasteiger partial charge in [-0.1, -0.05) is 0 Å². The minimum atomic E-state index is -0.646. The molecular formula is C11H17N3O3. The zero-order valence-corrected chi connectivity index (χ0v) is 10.3. The molecule has 0 spiro atoms. The molecule has 1 N–H and O–H groups in total. The molecule has 94 valence electrons. The van der Waals surface area contributed by atoms with E-state index in [0.717, 1.165) is 13.1 Å². The Kier molecular flexibility index (Phi) is 4.68. The number of ether oxygens (including phenoxy) is 1. The summed E-state index contributed by atoms with van der Waals surface area (Å²) in [4.78, 5) is 31.6. The molecule has 1 rings (SSSR count). The number of hydrogen-bond donors (Lipinski definition) is 1. The quantitative estimate of drug-likeness (QED) is 0.769. The lowest BCUT2D eigenvalue weighted by Gasteiger charge is -2.18. The van der Waals surface area contributed by atoms with E-state index in [1.807, 2.05) is 18.7 Å². The third kappa shape index (κ3) is 3.05. The molecule has 1 aromatic heterocycles. The molecule has 0 radical (unpaired) electrons. The van der Waals surface area contributed by atoms with Gasteiger partial charge in [-0.25, -0.2) is 9.78 Å². The van der Waals surface area contributed by atoms with Gasteiger partial charge < -0.3 is 9.64 Å². The minimum Gasteiger partial charge on any atom is -0.462 e. The summed E-state index contributed by atoms with van der Waals surface area (Å²) in [5.74, 6) is -0.180. The van der Waals surface area contributed by atoms with Gasteiger partial charge >= 0.3 is 5.97 Å². The van der Waals surface area contributed by atoms with Crippen molar-refractivity contribution in [1.29, 1.82) is 0 Å². The maximum Gasteiger partial charge on any atom is 0.345 e. The van der Waals surface area contributed by atoms with Crippen molar-refractivity contribution in [3.8, 4) is 0 Å². The average Bonchev–Trinajstić information content (AvgIpc) is 2.31. The SMILES string of the molecule is CCOC(=O)c1cnc(N(CC)CC)[nH]c1=O. The molecule has 1 heterocycles. The topological polar surface area (TPSA) is 75.3 Å². The molecule has 0 aliphatic heterocycles. The summed E-state index contributed by atoms with van der Waals surface area (Å²) in [6.07, 6.45) is 1.25. The first-order valence-electron chi connectivity index (χ1n) is 5.65. The highest BCUT2D eigenvalue weighted by atomic mass is 16.5. The lowest BCUT2D eigenvalue weighted by Crippen LogP contribution is -2.29. The first kappa shape index (κ1) is 13.2. The van der Waals surface area contributed by atoms with Crippen LogP contribution in [0.4, 0.5) is 5.95 Å². The number of carbonyl (C=O) groups is 1. The second-order valence-electron chi connectivity index (χ2n) is 3.34. The van der Waals surface area contributed by atoms with Gasteiger partial charge in [-0.2, -0.15) is 0 Å². The van der Waals surface area contributed by atoms with E-state index in [-0.39, 0.29) is 12.2 Å². The molecule has 17 heavy (non-hydrogen) atoms. The summed E-state index contributed by atoms with van der Waals surface area (Å²) < 4.78 is 4.75. The normalized spacial score (nSPS) is 10.1. The van der Waals surface area contributed by atoms with Crippen LogP contribution in [-0.2, 0) is 4.74 Å². The fourth-order valence-corrected chi connectivity index (χ4v) is 1.42. The number of nitrogens with zero attached hydrogens (tertiary/aromatic N) is 2. The first-order chi connectivity index (χ1) is 8.13. The molecule has 6 nitrogen and oxygen atoms in total. The van der Waals surface area contributed by atoms with Crippen molar-refractivity contribution in [3.05, 3.63) is 22.1 Å². The Morgan fingerprint density at radius 3 is 2.53 bits per heavy atom. The summed E-state index contributed by atoms with van der Waals surface area (Å²) >= 11 is 0. The van der Waals surface area contributed by atoms with Crippen LogP contribution in [0.25, 0.3) is 0 Å². The molecule has 0 aromatic carbocycles. The van der Waals surface area contributed by atoms with Crippen molar-refractivity contribution in [2.45, 2.75) is 20.8 Å². The number of carbonyl (C=O) groups excluding carboxylic acids is 1. The van der Waals surface area contributed by atoms with Gasteiger partial charge in [0, 0.05) is 13.1 Å². The third-order valence-electron chi connectivity index (χ3n) is 2.34. The molecule has 0 amide bonds. The lowest BCUT2D eigenvalue weighted by atomic mass is 10.3. The fourth-order valence-electron chi connectivity index (χ4n) is 1.42. The maximum atomic E-state index is 11.7. The number of anilines is 1. The van der Waals surface area contributed by atoms with Gasteiger partial charge in [0.05, 0.1) is 12.8 Å². The highest BCUT2D eigenvalue weighted by Gasteiger charge is 2.14. The average molecular weight is 239 g/mol. The van der Waals surface area contributed by atoms with Gasteiger partial charge in [0.1, 0.15) is 5.56 Å². The molecule has 0 saturated carbocycles. The number of hydrogen-bond acceptors (Lipinski definition) is 5. The molecular weight excluding hydrogens is 222 g/mol. The fraction of sp³-hybridized carbons (Fsp3) is 0.545. The predicted octanol–water partition coefficient (Wildman–Crippen LogP) is 0.793. The van der Waals surface area contributed by atoms with E-state index in [2.05, 4.69) is 9.97 Å². The third-order valence-corrected chi connectivity index (χ3v) is 2.34. The van der Waals surface area contributed by atoms with Gasteiger partial charge in [-0.05, 0) is 20.8 Å². The van der Waals surface area contributed by atoms with E-state index in [0.29, 0.717) is 5.95 Å². The molecule has 0 aliphatic carbocycles. The van der Waals surface area contributed by atoms with E-state index in [9.17, 15) is 9.59 Å². The largest absolute Gasteiger partial charge is 0.462 e. The van der Waals surface area contributed by atoms with E-state index in [4.69, 9.17) is 4.74 Å². The van der Waals surface area contributed by atoms with Crippen LogP contribution in [0.3, 0.4) is 0 Å². The lowest BCUT2D eigenvalue weighted by molar-refractivity contribution is 0.0524. The van der Waals surface area contributed by atoms with Crippen LogP contribution in [-0.4, -0.2) is 35.6 Å². The molecule has 0 bridgehead atoms. The number of nitrogens with one attached hydrogen (secondary N) is 1. The van der Waals surface area contributed by atoms with E-state index in [1.54, 1.807) is 6.92 Å². The van der Waals surface area contributed by atoms with Crippen LogP contribution in [0.1, 0.15) is 31.1 Å². The number of esters is 1. The second-order valence-corrected chi connectivity index (χ2v) is 3.34. The molecule has 0 saturated heterocycles. The monoisotopic (exact) mass is 239 g/mol. The van der Waals surface area contributed by atoms with Gasteiger partial charge in [-0.3, -0.25) is 9.78 Å². The highest BCUT2D eigenvalue weighted by Crippen LogP contribution is 2.03. The Bertz CT molecular complexity index is 438. The summed E-state index contributed by atoms with van der Waals surface area (Å²) in [7, 11) is 0. The van der Waals surface area contributed by atoms with Crippen molar-refractivity contribution in [2.24, 2.45) is 0 Å². The summed E-state index contributed by atoms with van der Waals surface area (Å²) in [5.41, 5.74) is -0.539. The Morgan fingerprint density at radius 2 is 2.06 bits per heavy atom. The molecule has 0 aliphatic rings. The summed E-state index contributed by atoms with van der Waals surface area (Å²) in [6, 6.07) is 0. The van der Waals surface area contributed by atoms with Gasteiger partial charge in [0.2, 0.25) is 5.95 Å². The molecule has 0 unspecified atom stereocenters. The predicted molar refractivity (Wildman–Crippen MR) is 64.4 cm³/mol. The van der Waals surface area contributed by atoms with Crippen molar-refractivity contribution in [2.75, 3.05) is 24.6 Å². The Hall–Kier alpha value is -1.85. The van der Waals surface area contributed by atoms with Crippen LogP contribution >= 0.6 is 0 Å². The highest BCUT2D eigenvalue weighted by molar-refractivity contribution is 5.88. The van der Waals surface area contributed by atoms with Gasteiger partial charge in [-0.15, -0.1) is 0 Å². The van der Waals surface area contributed by atoms with Crippen molar-refractivity contribution >= 4 is 11.9 Å². The minimum absolute atomic E-state index is 0.0669. The number of rotatable bonds is 5. The second kappa shape index (κ2) is 6.03. The summed E-state index contributed by atoms with van der Waals surface area (Å²) in [6.45, 7) is 7.31. The molecule has 1 aromatic rings. The standard InChI is InChI=1S/C11H17N3O3/c1-4-14(5-2)11-12-7-8(9(15)13-11)10(16)17-6-3/h7H,4-6H2,1-3H3,(H,12,13,15). The molecule has 0 fully saturated rings. The van der Waals surface area contributed by atoms with Crippen molar-refractivity contribution in [3.63, 3.8) is 0 Å². The molecule has 0 atom stereocenters. The number of aromatic amines is 1. The summed E-state index contributed by atoms with van der Waals surface area (Å²) in [5, 5.41) is 0. The van der Waals surface area contributed by atoms with Crippen molar-refractivity contribution < 1.29 is 9.53 Å². The Balaban J connectivity index is 3.01. The zero-order chi connectivity index (χ0) is 12.8. The number of H-pyrrole nitrogens is 1. The Labute approximate surface area is 99.6 Å².